The first-order valence-corrected chi connectivity index (χ1v) is 7.86. The van der Waals surface area contributed by atoms with E-state index in [1.807, 2.05) is 19.9 Å². The van der Waals surface area contributed by atoms with Crippen molar-refractivity contribution in [3.05, 3.63) is 32.8 Å². The first-order valence-electron chi connectivity index (χ1n) is 6.73. The summed E-state index contributed by atoms with van der Waals surface area (Å²) in [5.41, 5.74) is 0.131. The second-order valence-electron chi connectivity index (χ2n) is 5.96. The minimum atomic E-state index is -0.745. The number of benzene rings is 1. The van der Waals surface area contributed by atoms with Gasteiger partial charge >= 0.3 is 0 Å². The van der Waals surface area contributed by atoms with Gasteiger partial charge in [0, 0.05) is 12.6 Å². The number of rotatable bonds is 6. The Kier molecular flexibility index (Phi) is 6.62. The molecule has 0 spiro atoms. The van der Waals surface area contributed by atoms with Gasteiger partial charge in [0.05, 0.1) is 20.7 Å². The van der Waals surface area contributed by atoms with E-state index in [-0.39, 0.29) is 6.04 Å². The summed E-state index contributed by atoms with van der Waals surface area (Å²) in [6.45, 7) is 8.49. The first-order chi connectivity index (χ1) is 9.14. The first kappa shape index (κ1) is 18.1. The Labute approximate surface area is 136 Å². The molecule has 2 unspecified atom stereocenters. The molecule has 0 aliphatic heterocycles. The van der Waals surface area contributed by atoms with Crippen LogP contribution < -0.4 is 5.32 Å². The normalized spacial score (nSPS) is 16.2. The molecule has 0 radical (unpaired) electrons. The lowest BCUT2D eigenvalue weighted by molar-refractivity contribution is 0.0363. The van der Waals surface area contributed by atoms with E-state index in [0.29, 0.717) is 27.5 Å². The summed E-state index contributed by atoms with van der Waals surface area (Å²) in [4.78, 5) is 0. The molecule has 20 heavy (non-hydrogen) atoms. The summed E-state index contributed by atoms with van der Waals surface area (Å²) >= 11 is 18.2. The molecule has 0 aliphatic rings. The fourth-order valence-electron chi connectivity index (χ4n) is 2.31. The van der Waals surface area contributed by atoms with Crippen LogP contribution in [0.5, 0.6) is 0 Å². The number of halogens is 3. The predicted molar refractivity (Wildman–Crippen MR) is 88.0 cm³/mol. The van der Waals surface area contributed by atoms with Crippen LogP contribution in [0.1, 0.15) is 45.7 Å². The Bertz CT molecular complexity index is 461. The van der Waals surface area contributed by atoms with Gasteiger partial charge in [-0.2, -0.15) is 0 Å². The van der Waals surface area contributed by atoms with Crippen molar-refractivity contribution in [1.29, 1.82) is 0 Å². The van der Waals surface area contributed by atoms with Crippen molar-refractivity contribution in [3.8, 4) is 0 Å². The summed E-state index contributed by atoms with van der Waals surface area (Å²) in [6, 6.07) is 3.57. The standard InChI is InChI=1S/C15H22Cl3NO/c1-9(2)7-15(4,20)8-19-10(3)11-5-6-12(16)14(18)13(11)17/h5-6,9-10,19-20H,7-8H2,1-4H3. The van der Waals surface area contributed by atoms with E-state index in [9.17, 15) is 5.11 Å². The second kappa shape index (κ2) is 7.33. The average Bonchev–Trinajstić information content (AvgIpc) is 2.32. The van der Waals surface area contributed by atoms with Crippen LogP contribution in [0.3, 0.4) is 0 Å². The molecule has 2 nitrogen and oxygen atoms in total. The molecule has 2 atom stereocenters. The van der Waals surface area contributed by atoms with E-state index < -0.39 is 5.60 Å². The Morgan fingerprint density at radius 2 is 1.75 bits per heavy atom. The Morgan fingerprint density at radius 3 is 2.30 bits per heavy atom. The monoisotopic (exact) mass is 337 g/mol. The highest BCUT2D eigenvalue weighted by Gasteiger charge is 2.23. The Balaban J connectivity index is 2.73. The molecule has 114 valence electrons. The highest BCUT2D eigenvalue weighted by Crippen LogP contribution is 2.35. The fourth-order valence-corrected chi connectivity index (χ4v) is 3.02. The highest BCUT2D eigenvalue weighted by molar-refractivity contribution is 6.48. The molecule has 2 N–H and O–H groups in total. The fraction of sp³-hybridized carbons (Fsp3) is 0.600. The topological polar surface area (TPSA) is 32.3 Å². The molecule has 0 saturated heterocycles. The van der Waals surface area contributed by atoms with Gasteiger partial charge in [-0.1, -0.05) is 54.7 Å². The minimum Gasteiger partial charge on any atom is -0.389 e. The molecule has 0 heterocycles. The third kappa shape index (κ3) is 5.09. The van der Waals surface area contributed by atoms with E-state index in [2.05, 4.69) is 19.2 Å². The quantitative estimate of drug-likeness (QED) is 0.708. The lowest BCUT2D eigenvalue weighted by Gasteiger charge is -2.28. The van der Waals surface area contributed by atoms with Crippen molar-refractivity contribution >= 4 is 34.8 Å². The van der Waals surface area contributed by atoms with Gasteiger partial charge in [0.25, 0.3) is 0 Å². The predicted octanol–water partition coefficient (Wildman–Crippen LogP) is 5.09. The van der Waals surface area contributed by atoms with Crippen molar-refractivity contribution in [2.45, 2.75) is 45.8 Å². The summed E-state index contributed by atoms with van der Waals surface area (Å²) in [5.74, 6) is 0.440. The average molecular weight is 339 g/mol. The van der Waals surface area contributed by atoms with Crippen molar-refractivity contribution in [2.24, 2.45) is 5.92 Å². The summed E-state index contributed by atoms with van der Waals surface area (Å²) in [5, 5.41) is 14.9. The highest BCUT2D eigenvalue weighted by atomic mass is 35.5. The molecular formula is C15H22Cl3NO. The zero-order valence-electron chi connectivity index (χ0n) is 12.3. The second-order valence-corrected chi connectivity index (χ2v) is 7.13. The Hall–Kier alpha value is 0.01000. The Morgan fingerprint density at radius 1 is 1.15 bits per heavy atom. The number of aliphatic hydroxyl groups is 1. The van der Waals surface area contributed by atoms with Crippen LogP contribution in [-0.4, -0.2) is 17.3 Å². The molecule has 5 heteroatoms. The molecular weight excluding hydrogens is 317 g/mol. The van der Waals surface area contributed by atoms with E-state index in [1.165, 1.54) is 0 Å². The van der Waals surface area contributed by atoms with Gasteiger partial charge in [-0.05, 0) is 37.8 Å². The van der Waals surface area contributed by atoms with Crippen LogP contribution in [0.25, 0.3) is 0 Å². The van der Waals surface area contributed by atoms with E-state index in [4.69, 9.17) is 34.8 Å². The van der Waals surface area contributed by atoms with Crippen LogP contribution in [-0.2, 0) is 0 Å². The van der Waals surface area contributed by atoms with Gasteiger partial charge in [-0.3, -0.25) is 0 Å². The maximum atomic E-state index is 10.3. The molecule has 0 aliphatic carbocycles. The van der Waals surface area contributed by atoms with Crippen LogP contribution >= 0.6 is 34.8 Å². The summed E-state index contributed by atoms with van der Waals surface area (Å²) < 4.78 is 0. The lowest BCUT2D eigenvalue weighted by atomic mass is 9.94. The van der Waals surface area contributed by atoms with Gasteiger partial charge < -0.3 is 10.4 Å². The maximum Gasteiger partial charge on any atom is 0.0781 e. The van der Waals surface area contributed by atoms with Gasteiger partial charge in [0.2, 0.25) is 0 Å². The van der Waals surface area contributed by atoms with Gasteiger partial charge in [0.1, 0.15) is 0 Å². The molecule has 0 amide bonds. The zero-order chi connectivity index (χ0) is 15.5. The molecule has 0 aromatic heterocycles. The van der Waals surface area contributed by atoms with E-state index in [1.54, 1.807) is 6.07 Å². The molecule has 1 rings (SSSR count). The number of nitrogens with one attached hydrogen (secondary N) is 1. The third-order valence-electron chi connectivity index (χ3n) is 3.17. The van der Waals surface area contributed by atoms with Crippen LogP contribution in [0.15, 0.2) is 12.1 Å². The molecule has 0 bridgehead atoms. The van der Waals surface area contributed by atoms with Crippen molar-refractivity contribution in [1.82, 2.24) is 5.32 Å². The number of hydrogen-bond acceptors (Lipinski definition) is 2. The van der Waals surface area contributed by atoms with E-state index >= 15 is 0 Å². The third-order valence-corrected chi connectivity index (χ3v) is 4.48. The molecule has 1 aromatic rings. The largest absolute Gasteiger partial charge is 0.389 e. The van der Waals surface area contributed by atoms with Crippen molar-refractivity contribution in [3.63, 3.8) is 0 Å². The van der Waals surface area contributed by atoms with E-state index in [0.717, 1.165) is 12.0 Å². The number of hydrogen-bond donors (Lipinski definition) is 2. The lowest BCUT2D eigenvalue weighted by Crippen LogP contribution is -2.39. The van der Waals surface area contributed by atoms with Gasteiger partial charge in [-0.25, -0.2) is 0 Å². The summed E-state index contributed by atoms with van der Waals surface area (Å²) in [7, 11) is 0. The van der Waals surface area contributed by atoms with Gasteiger partial charge in [0.15, 0.2) is 0 Å². The minimum absolute atomic E-state index is 0.0177. The van der Waals surface area contributed by atoms with Crippen molar-refractivity contribution < 1.29 is 5.11 Å². The molecule has 1 aromatic carbocycles. The van der Waals surface area contributed by atoms with Crippen LogP contribution in [0, 0.1) is 5.92 Å². The van der Waals surface area contributed by atoms with Crippen molar-refractivity contribution in [2.75, 3.05) is 6.54 Å². The maximum absolute atomic E-state index is 10.3. The zero-order valence-corrected chi connectivity index (χ0v) is 14.6. The molecule has 0 saturated carbocycles. The van der Waals surface area contributed by atoms with Gasteiger partial charge in [-0.15, -0.1) is 0 Å². The summed E-state index contributed by atoms with van der Waals surface area (Å²) in [6.07, 6.45) is 0.738. The van der Waals surface area contributed by atoms with Crippen LogP contribution in [0.4, 0.5) is 0 Å². The molecule has 0 fully saturated rings. The van der Waals surface area contributed by atoms with Crippen LogP contribution in [0.2, 0.25) is 15.1 Å². The smallest absolute Gasteiger partial charge is 0.0781 e. The SMILES string of the molecule is CC(C)CC(C)(O)CNC(C)c1ccc(Cl)c(Cl)c1Cl.